The lowest BCUT2D eigenvalue weighted by Gasteiger charge is -2.15. The van der Waals surface area contributed by atoms with Gasteiger partial charge < -0.3 is 14.8 Å². The molecule has 0 fully saturated rings. The van der Waals surface area contributed by atoms with Gasteiger partial charge in [-0.05, 0) is 30.5 Å². The van der Waals surface area contributed by atoms with Gasteiger partial charge in [-0.3, -0.25) is 0 Å². The molecule has 0 saturated carbocycles. The summed E-state index contributed by atoms with van der Waals surface area (Å²) in [6.45, 7) is 5.45. The van der Waals surface area contributed by atoms with Gasteiger partial charge in [0.05, 0.1) is 24.8 Å². The molecule has 1 aromatic carbocycles. The Morgan fingerprint density at radius 1 is 1.33 bits per heavy atom. The van der Waals surface area contributed by atoms with E-state index < -0.39 is 0 Å². The molecule has 1 rings (SSSR count). The quantitative estimate of drug-likeness (QED) is 0.702. The average molecular weight is 311 g/mol. The van der Waals surface area contributed by atoms with Crippen LogP contribution in [0.1, 0.15) is 38.7 Å². The molecule has 21 heavy (non-hydrogen) atoms. The monoisotopic (exact) mass is 310 g/mol. The summed E-state index contributed by atoms with van der Waals surface area (Å²) in [5, 5.41) is 12.4. The van der Waals surface area contributed by atoms with E-state index in [1.165, 1.54) is 0 Å². The largest absolute Gasteiger partial charge is 0.493 e. The zero-order valence-electron chi connectivity index (χ0n) is 12.9. The number of rotatable bonds is 9. The molecule has 1 N–H and O–H groups in total. The molecule has 0 amide bonds. The van der Waals surface area contributed by atoms with E-state index in [1.807, 2.05) is 12.1 Å². The van der Waals surface area contributed by atoms with Crippen LogP contribution in [0.25, 0.3) is 0 Å². The van der Waals surface area contributed by atoms with Gasteiger partial charge in [0.2, 0.25) is 0 Å². The number of unbranched alkanes of at least 4 members (excludes halogenated alkanes) is 2. The molecule has 0 heterocycles. The molecule has 0 aliphatic heterocycles. The van der Waals surface area contributed by atoms with E-state index in [0.29, 0.717) is 35.6 Å². The van der Waals surface area contributed by atoms with E-state index in [1.54, 1.807) is 7.11 Å². The molecule has 0 aliphatic carbocycles. The molecule has 5 heteroatoms. The van der Waals surface area contributed by atoms with Gasteiger partial charge in [-0.2, -0.15) is 5.26 Å². The highest BCUT2D eigenvalue weighted by molar-refractivity contribution is 6.32. The van der Waals surface area contributed by atoms with E-state index in [4.69, 9.17) is 26.3 Å². The Morgan fingerprint density at radius 2 is 2.10 bits per heavy atom. The van der Waals surface area contributed by atoms with Crippen LogP contribution in [0.4, 0.5) is 0 Å². The van der Waals surface area contributed by atoms with Crippen LogP contribution < -0.4 is 14.8 Å². The lowest BCUT2D eigenvalue weighted by atomic mass is 10.2. The maximum Gasteiger partial charge on any atom is 0.179 e. The fraction of sp³-hybridized carbons (Fsp3) is 0.562. The maximum absolute atomic E-state index is 8.49. The fourth-order valence-electron chi connectivity index (χ4n) is 1.82. The van der Waals surface area contributed by atoms with Gasteiger partial charge in [0.15, 0.2) is 11.5 Å². The molecule has 1 aromatic rings. The van der Waals surface area contributed by atoms with Gasteiger partial charge >= 0.3 is 0 Å². The third kappa shape index (κ3) is 6.24. The second kappa shape index (κ2) is 9.49. The summed E-state index contributed by atoms with van der Waals surface area (Å²) in [5.41, 5.74) is 1.06. The van der Waals surface area contributed by atoms with Crippen molar-refractivity contribution in [2.45, 2.75) is 45.7 Å². The summed E-state index contributed by atoms with van der Waals surface area (Å²) in [6.07, 6.45) is 2.20. The van der Waals surface area contributed by atoms with Crippen LogP contribution in [-0.2, 0) is 6.54 Å². The normalized spacial score (nSPS) is 10.5. The first-order valence-electron chi connectivity index (χ1n) is 7.18. The van der Waals surface area contributed by atoms with Gasteiger partial charge in [0.25, 0.3) is 0 Å². The molecule has 116 valence electrons. The Balaban J connectivity index is 2.68. The summed E-state index contributed by atoms with van der Waals surface area (Å²) >= 11 is 6.28. The van der Waals surface area contributed by atoms with Crippen LogP contribution in [0.3, 0.4) is 0 Å². The Bertz CT molecular complexity index is 484. The lowest BCUT2D eigenvalue weighted by Crippen LogP contribution is -2.21. The smallest absolute Gasteiger partial charge is 0.179 e. The van der Waals surface area contributed by atoms with Gasteiger partial charge in [-0.15, -0.1) is 0 Å². The summed E-state index contributed by atoms with van der Waals surface area (Å²) in [7, 11) is 1.61. The van der Waals surface area contributed by atoms with Crippen molar-refractivity contribution in [1.82, 2.24) is 5.32 Å². The van der Waals surface area contributed by atoms with Crippen molar-refractivity contribution in [2.24, 2.45) is 0 Å². The first-order chi connectivity index (χ1) is 10.1. The third-order valence-corrected chi connectivity index (χ3v) is 3.21. The predicted octanol–water partition coefficient (Wildman–Crippen LogP) is 3.92. The van der Waals surface area contributed by atoms with Gasteiger partial charge in [0, 0.05) is 19.0 Å². The first-order valence-corrected chi connectivity index (χ1v) is 7.55. The maximum atomic E-state index is 8.49. The van der Waals surface area contributed by atoms with E-state index in [9.17, 15) is 0 Å². The number of hydrogen-bond acceptors (Lipinski definition) is 4. The number of ether oxygens (including phenoxy) is 2. The van der Waals surface area contributed by atoms with Crippen molar-refractivity contribution >= 4 is 11.6 Å². The summed E-state index contributed by atoms with van der Waals surface area (Å²) in [6, 6.07) is 6.36. The Hall–Kier alpha value is -1.44. The van der Waals surface area contributed by atoms with E-state index in [-0.39, 0.29) is 0 Å². The molecule has 0 unspecified atom stereocenters. The Morgan fingerprint density at radius 3 is 2.71 bits per heavy atom. The predicted molar refractivity (Wildman–Crippen MR) is 84.9 cm³/mol. The Kier molecular flexibility index (Phi) is 7.96. The van der Waals surface area contributed by atoms with E-state index in [0.717, 1.165) is 24.9 Å². The molecule has 0 aromatic heterocycles. The van der Waals surface area contributed by atoms with Crippen LogP contribution in [-0.4, -0.2) is 19.8 Å². The molecule has 0 atom stereocenters. The summed E-state index contributed by atoms with van der Waals surface area (Å²) in [4.78, 5) is 0. The lowest BCUT2D eigenvalue weighted by molar-refractivity contribution is 0.287. The topological polar surface area (TPSA) is 54.3 Å². The summed E-state index contributed by atoms with van der Waals surface area (Å²) in [5.74, 6) is 1.22. The van der Waals surface area contributed by atoms with Crippen molar-refractivity contribution in [1.29, 1.82) is 5.26 Å². The highest BCUT2D eigenvalue weighted by Crippen LogP contribution is 2.36. The van der Waals surface area contributed by atoms with Gasteiger partial charge in [0.1, 0.15) is 0 Å². The third-order valence-electron chi connectivity index (χ3n) is 2.93. The van der Waals surface area contributed by atoms with Crippen molar-refractivity contribution in [3.8, 4) is 17.6 Å². The van der Waals surface area contributed by atoms with E-state index in [2.05, 4.69) is 25.2 Å². The number of nitrogens with one attached hydrogen (secondary N) is 1. The highest BCUT2D eigenvalue weighted by atomic mass is 35.5. The molecule has 0 saturated heterocycles. The molecule has 0 bridgehead atoms. The number of nitriles is 1. The molecular weight excluding hydrogens is 288 g/mol. The average Bonchev–Trinajstić information content (AvgIpc) is 2.46. The van der Waals surface area contributed by atoms with Crippen LogP contribution in [0.15, 0.2) is 12.1 Å². The molecule has 0 aliphatic rings. The minimum atomic E-state index is 0.408. The van der Waals surface area contributed by atoms with Crippen LogP contribution >= 0.6 is 11.6 Å². The van der Waals surface area contributed by atoms with Gasteiger partial charge in [-0.1, -0.05) is 25.4 Å². The minimum absolute atomic E-state index is 0.408. The second-order valence-corrected chi connectivity index (χ2v) is 5.52. The fourth-order valence-corrected chi connectivity index (χ4v) is 2.11. The Labute approximate surface area is 132 Å². The first kappa shape index (κ1) is 17.6. The molecule has 4 nitrogen and oxygen atoms in total. The second-order valence-electron chi connectivity index (χ2n) is 5.11. The van der Waals surface area contributed by atoms with Crippen LogP contribution in [0.2, 0.25) is 5.02 Å². The number of methoxy groups -OCH3 is 1. The number of halogens is 1. The standard InChI is InChI=1S/C16H23ClN2O2/c1-12(2)19-11-13-9-14(17)16(15(10-13)20-3)21-8-6-4-5-7-18/h9-10,12,19H,4-6,8,11H2,1-3H3. The van der Waals surface area contributed by atoms with Crippen molar-refractivity contribution < 1.29 is 9.47 Å². The zero-order valence-corrected chi connectivity index (χ0v) is 13.7. The van der Waals surface area contributed by atoms with Crippen molar-refractivity contribution in [3.05, 3.63) is 22.7 Å². The van der Waals surface area contributed by atoms with Crippen LogP contribution in [0.5, 0.6) is 11.5 Å². The molecular formula is C16H23ClN2O2. The highest BCUT2D eigenvalue weighted by Gasteiger charge is 2.12. The van der Waals surface area contributed by atoms with Crippen LogP contribution in [0, 0.1) is 11.3 Å². The molecule has 0 spiro atoms. The number of benzene rings is 1. The zero-order chi connectivity index (χ0) is 15.7. The van der Waals surface area contributed by atoms with Crippen molar-refractivity contribution in [2.75, 3.05) is 13.7 Å². The van der Waals surface area contributed by atoms with Crippen molar-refractivity contribution in [3.63, 3.8) is 0 Å². The minimum Gasteiger partial charge on any atom is -0.493 e. The summed E-state index contributed by atoms with van der Waals surface area (Å²) < 4.78 is 11.1. The number of hydrogen-bond donors (Lipinski definition) is 1. The SMILES string of the molecule is COc1cc(CNC(C)C)cc(Cl)c1OCCCCC#N. The van der Waals surface area contributed by atoms with E-state index >= 15 is 0 Å². The number of nitrogens with zero attached hydrogens (tertiary/aromatic N) is 1. The molecule has 0 radical (unpaired) electrons. The van der Waals surface area contributed by atoms with Gasteiger partial charge in [-0.25, -0.2) is 0 Å².